The number of amides is 1. The van der Waals surface area contributed by atoms with Gasteiger partial charge in [-0.25, -0.2) is 0 Å². The highest BCUT2D eigenvalue weighted by molar-refractivity contribution is 6.04. The Balaban J connectivity index is 2.24. The van der Waals surface area contributed by atoms with Gasteiger partial charge in [-0.3, -0.25) is 4.79 Å². The van der Waals surface area contributed by atoms with Crippen LogP contribution in [0.4, 0.5) is 5.69 Å². The van der Waals surface area contributed by atoms with Crippen LogP contribution in [0.15, 0.2) is 24.3 Å². The second kappa shape index (κ2) is 5.50. The van der Waals surface area contributed by atoms with Gasteiger partial charge >= 0.3 is 0 Å². The van der Waals surface area contributed by atoms with E-state index < -0.39 is 0 Å². The third-order valence-electron chi connectivity index (χ3n) is 3.23. The summed E-state index contributed by atoms with van der Waals surface area (Å²) in [6, 6.07) is 7.87. The smallest absolute Gasteiger partial charge is 0.248 e. The number of para-hydroxylation sites is 1. The summed E-state index contributed by atoms with van der Waals surface area (Å²) in [5, 5.41) is 3.26. The molecule has 18 heavy (non-hydrogen) atoms. The fourth-order valence-electron chi connectivity index (χ4n) is 2.32. The van der Waals surface area contributed by atoms with Crippen LogP contribution < -0.4 is 10.2 Å². The minimum Gasteiger partial charge on any atom is -0.309 e. The van der Waals surface area contributed by atoms with E-state index in [0.717, 1.165) is 30.9 Å². The average Bonchev–Trinajstić information content (AvgIpc) is 2.61. The monoisotopic (exact) mass is 247 g/mol. The van der Waals surface area contributed by atoms with Gasteiger partial charge in [0.05, 0.1) is 0 Å². The number of carbonyl (C=O) groups is 1. The van der Waals surface area contributed by atoms with Crippen molar-refractivity contribution in [3.05, 3.63) is 29.8 Å². The molecule has 1 unspecified atom stereocenters. The predicted molar refractivity (Wildman–Crippen MR) is 73.8 cm³/mol. The number of carbonyl (C=O) groups excluding carboxylic acids is 1. The van der Waals surface area contributed by atoms with E-state index in [4.69, 9.17) is 0 Å². The molecule has 1 aromatic carbocycles. The molecule has 1 aliphatic rings. The average molecular weight is 247 g/mol. The van der Waals surface area contributed by atoms with Crippen LogP contribution in [0.5, 0.6) is 0 Å². The Hall–Kier alpha value is -1.39. The Morgan fingerprint density at radius 1 is 1.33 bits per heavy atom. The molecule has 2 rings (SSSR count). The van der Waals surface area contributed by atoms with E-state index in [9.17, 15) is 4.79 Å². The summed E-state index contributed by atoms with van der Waals surface area (Å²) in [7, 11) is 4.04. The molecule has 0 spiro atoms. The van der Waals surface area contributed by atoms with Gasteiger partial charge in [0.25, 0.3) is 0 Å². The lowest BCUT2D eigenvalue weighted by Crippen LogP contribution is -2.38. The molecule has 1 heterocycles. The number of nitrogens with one attached hydrogen (secondary N) is 1. The Kier molecular flexibility index (Phi) is 3.99. The van der Waals surface area contributed by atoms with E-state index in [1.165, 1.54) is 0 Å². The fraction of sp³-hybridized carbons (Fsp3) is 0.500. The van der Waals surface area contributed by atoms with Gasteiger partial charge in [-0.05, 0) is 26.7 Å². The van der Waals surface area contributed by atoms with Gasteiger partial charge in [0.2, 0.25) is 5.91 Å². The van der Waals surface area contributed by atoms with Crippen molar-refractivity contribution in [1.29, 1.82) is 0 Å². The standard InChI is InChI=1S/C14H21N3O/c1-4-15-13-11-7-5-6-8-12(11)17(14(13)18)10-9-16(2)3/h5-8,13,15H,4,9-10H2,1-3H3. The van der Waals surface area contributed by atoms with Crippen molar-refractivity contribution >= 4 is 11.6 Å². The first-order chi connectivity index (χ1) is 8.65. The SMILES string of the molecule is CCNC1C(=O)N(CCN(C)C)c2ccccc21. The topological polar surface area (TPSA) is 35.6 Å². The van der Waals surface area contributed by atoms with Gasteiger partial charge in [-0.15, -0.1) is 0 Å². The summed E-state index contributed by atoms with van der Waals surface area (Å²) in [6.45, 7) is 4.44. The zero-order valence-electron chi connectivity index (χ0n) is 11.3. The zero-order chi connectivity index (χ0) is 13.1. The van der Waals surface area contributed by atoms with E-state index in [-0.39, 0.29) is 11.9 Å². The first-order valence-corrected chi connectivity index (χ1v) is 6.43. The number of hydrogen-bond donors (Lipinski definition) is 1. The molecule has 98 valence electrons. The lowest BCUT2D eigenvalue weighted by atomic mass is 10.1. The van der Waals surface area contributed by atoms with Crippen LogP contribution in [0.2, 0.25) is 0 Å². The molecule has 0 saturated heterocycles. The molecule has 0 bridgehead atoms. The lowest BCUT2D eigenvalue weighted by molar-refractivity contribution is -0.120. The lowest BCUT2D eigenvalue weighted by Gasteiger charge is -2.20. The summed E-state index contributed by atoms with van der Waals surface area (Å²) in [5.74, 6) is 0.167. The van der Waals surface area contributed by atoms with Crippen molar-refractivity contribution in [2.75, 3.05) is 38.6 Å². The maximum atomic E-state index is 12.4. The molecule has 4 heteroatoms. The van der Waals surface area contributed by atoms with Gasteiger partial charge in [-0.2, -0.15) is 0 Å². The maximum Gasteiger partial charge on any atom is 0.248 e. The molecular formula is C14H21N3O. The molecule has 0 aromatic heterocycles. The van der Waals surface area contributed by atoms with Crippen LogP contribution >= 0.6 is 0 Å². The van der Waals surface area contributed by atoms with Crippen LogP contribution in [0.25, 0.3) is 0 Å². The van der Waals surface area contributed by atoms with Crippen LogP contribution in [0.1, 0.15) is 18.5 Å². The first kappa shape index (κ1) is 13.1. The predicted octanol–water partition coefficient (Wildman–Crippen LogP) is 1.25. The van der Waals surface area contributed by atoms with Crippen LogP contribution in [-0.4, -0.2) is 44.5 Å². The molecule has 0 saturated carbocycles. The van der Waals surface area contributed by atoms with Crippen molar-refractivity contribution in [2.24, 2.45) is 0 Å². The molecule has 0 fully saturated rings. The Morgan fingerprint density at radius 2 is 2.06 bits per heavy atom. The van der Waals surface area contributed by atoms with E-state index >= 15 is 0 Å². The van der Waals surface area contributed by atoms with Crippen LogP contribution in [0, 0.1) is 0 Å². The minimum absolute atomic E-state index is 0.167. The number of rotatable bonds is 5. The quantitative estimate of drug-likeness (QED) is 0.850. The molecular weight excluding hydrogens is 226 g/mol. The van der Waals surface area contributed by atoms with Gasteiger partial charge < -0.3 is 15.1 Å². The maximum absolute atomic E-state index is 12.4. The van der Waals surface area contributed by atoms with Crippen molar-refractivity contribution in [1.82, 2.24) is 10.2 Å². The molecule has 1 aromatic rings. The number of likely N-dealkylation sites (N-methyl/N-ethyl adjacent to an activating group) is 2. The molecule has 0 aliphatic carbocycles. The summed E-state index contributed by atoms with van der Waals surface area (Å²) < 4.78 is 0. The summed E-state index contributed by atoms with van der Waals surface area (Å²) in [6.07, 6.45) is 0. The van der Waals surface area contributed by atoms with E-state index in [0.29, 0.717) is 0 Å². The first-order valence-electron chi connectivity index (χ1n) is 6.43. The molecule has 1 amide bonds. The van der Waals surface area contributed by atoms with E-state index in [2.05, 4.69) is 10.2 Å². The highest BCUT2D eigenvalue weighted by Gasteiger charge is 2.35. The van der Waals surface area contributed by atoms with E-state index in [1.54, 1.807) is 0 Å². The molecule has 1 aliphatic heterocycles. The Bertz CT molecular complexity index is 431. The summed E-state index contributed by atoms with van der Waals surface area (Å²) in [4.78, 5) is 16.4. The van der Waals surface area contributed by atoms with Gasteiger partial charge in [-0.1, -0.05) is 25.1 Å². The van der Waals surface area contributed by atoms with Gasteiger partial charge in [0, 0.05) is 24.3 Å². The summed E-state index contributed by atoms with van der Waals surface area (Å²) >= 11 is 0. The molecule has 1 atom stereocenters. The largest absolute Gasteiger partial charge is 0.309 e. The van der Waals surface area contributed by atoms with E-state index in [1.807, 2.05) is 50.2 Å². The highest BCUT2D eigenvalue weighted by atomic mass is 16.2. The zero-order valence-corrected chi connectivity index (χ0v) is 11.3. The normalized spacial score (nSPS) is 18.6. The van der Waals surface area contributed by atoms with Crippen LogP contribution in [0.3, 0.4) is 0 Å². The van der Waals surface area contributed by atoms with Gasteiger partial charge in [0.15, 0.2) is 0 Å². The highest BCUT2D eigenvalue weighted by Crippen LogP contribution is 2.35. The third-order valence-corrected chi connectivity index (χ3v) is 3.23. The second-order valence-electron chi connectivity index (χ2n) is 4.84. The van der Waals surface area contributed by atoms with Crippen molar-refractivity contribution in [3.63, 3.8) is 0 Å². The van der Waals surface area contributed by atoms with Crippen molar-refractivity contribution < 1.29 is 4.79 Å². The van der Waals surface area contributed by atoms with Crippen molar-refractivity contribution in [3.8, 4) is 0 Å². The molecule has 1 N–H and O–H groups in total. The van der Waals surface area contributed by atoms with Crippen molar-refractivity contribution in [2.45, 2.75) is 13.0 Å². The van der Waals surface area contributed by atoms with Gasteiger partial charge in [0.1, 0.15) is 6.04 Å². The second-order valence-corrected chi connectivity index (χ2v) is 4.84. The molecule has 4 nitrogen and oxygen atoms in total. The van der Waals surface area contributed by atoms with Crippen LogP contribution in [-0.2, 0) is 4.79 Å². The molecule has 0 radical (unpaired) electrons. The Morgan fingerprint density at radius 3 is 2.72 bits per heavy atom. The number of fused-ring (bicyclic) bond motifs is 1. The third kappa shape index (κ3) is 2.40. The number of hydrogen-bond acceptors (Lipinski definition) is 3. The Labute approximate surface area is 109 Å². The minimum atomic E-state index is -0.173. The number of benzene rings is 1. The number of nitrogens with zero attached hydrogens (tertiary/aromatic N) is 2. The number of anilines is 1. The fourth-order valence-corrected chi connectivity index (χ4v) is 2.32. The summed E-state index contributed by atoms with van der Waals surface area (Å²) in [5.41, 5.74) is 2.15.